The molecule has 0 radical (unpaired) electrons. The van der Waals surface area contributed by atoms with Crippen LogP contribution in [0.25, 0.3) is 33.0 Å². The van der Waals surface area contributed by atoms with Crippen molar-refractivity contribution in [2.24, 2.45) is 7.05 Å². The van der Waals surface area contributed by atoms with E-state index in [4.69, 9.17) is 16.8 Å². The lowest BCUT2D eigenvalue weighted by Crippen LogP contribution is -2.47. The highest BCUT2D eigenvalue weighted by Gasteiger charge is 2.28. The van der Waals surface area contributed by atoms with Crippen molar-refractivity contribution < 1.29 is 13.6 Å². The summed E-state index contributed by atoms with van der Waals surface area (Å²) in [6.07, 6.45) is 2.80. The lowest BCUT2D eigenvalue weighted by molar-refractivity contribution is 0.102. The van der Waals surface area contributed by atoms with Gasteiger partial charge in [0.15, 0.2) is 11.5 Å². The topological polar surface area (TPSA) is 101 Å². The number of pyridine rings is 1. The molecule has 0 aliphatic carbocycles. The van der Waals surface area contributed by atoms with E-state index in [9.17, 15) is 13.6 Å². The first-order valence-electron chi connectivity index (χ1n) is 13.3. The van der Waals surface area contributed by atoms with Crippen LogP contribution in [0.15, 0.2) is 60.9 Å². The van der Waals surface area contributed by atoms with Gasteiger partial charge in [-0.15, -0.1) is 0 Å². The van der Waals surface area contributed by atoms with E-state index in [1.807, 2.05) is 17.8 Å². The number of benzene rings is 1. The van der Waals surface area contributed by atoms with Crippen LogP contribution in [0.3, 0.4) is 0 Å². The van der Waals surface area contributed by atoms with Gasteiger partial charge in [-0.25, -0.2) is 25.4 Å². The second-order valence-corrected chi connectivity index (χ2v) is 9.86. The van der Waals surface area contributed by atoms with E-state index >= 15 is 0 Å². The van der Waals surface area contributed by atoms with Crippen LogP contribution in [0.1, 0.15) is 10.4 Å². The Morgan fingerprint density at radius 3 is 2.57 bits per heavy atom. The Balaban J connectivity index is 1.36. The molecule has 0 unspecified atom stereocenters. The number of imidazole rings is 1. The number of aromatic nitrogens is 6. The number of carbonyl (C=O) groups excluding carboxylic acids is 1. The predicted octanol–water partition coefficient (Wildman–Crippen LogP) is 3.76. The molecule has 212 valence electrons. The standard InChI is InChI=1S/C29H26F2N10O/c1-32-11-12-39-13-15-40(16-14-39)29-26(27(37-38(29)2)19-3-5-21(30)6-4-19)22-7-8-25-34-24(18-41(25)36-22)35-28(42)20-9-10-33-23(31)17-20/h3-10,17-18H,11-16H2,2H3,(H,35,42). The van der Waals surface area contributed by atoms with Crippen LogP contribution in [0.4, 0.5) is 20.4 Å². The molecular weight excluding hydrogens is 542 g/mol. The molecular formula is C29H26F2N10O. The Kier molecular flexibility index (Phi) is 7.28. The first-order valence-corrected chi connectivity index (χ1v) is 13.3. The molecule has 1 aliphatic heterocycles. The van der Waals surface area contributed by atoms with E-state index in [1.165, 1.54) is 24.4 Å². The van der Waals surface area contributed by atoms with Crippen molar-refractivity contribution in [3.8, 4) is 22.5 Å². The number of carbonyl (C=O) groups is 1. The molecule has 13 heteroatoms. The second kappa shape index (κ2) is 11.3. The summed E-state index contributed by atoms with van der Waals surface area (Å²) >= 11 is 0. The van der Waals surface area contributed by atoms with Gasteiger partial charge in [0.05, 0.1) is 24.0 Å². The molecule has 0 atom stereocenters. The number of nitrogens with zero attached hydrogens (tertiary/aromatic N) is 9. The fraction of sp³-hybridized carbons (Fsp3) is 0.241. The Morgan fingerprint density at radius 1 is 1.05 bits per heavy atom. The molecule has 1 aliphatic rings. The molecule has 0 saturated carbocycles. The number of piperazine rings is 1. The van der Waals surface area contributed by atoms with Crippen LogP contribution >= 0.6 is 0 Å². The zero-order chi connectivity index (χ0) is 29.2. The summed E-state index contributed by atoms with van der Waals surface area (Å²) in [5, 5.41) is 12.3. The lowest BCUT2D eigenvalue weighted by atomic mass is 10.0. The molecule has 1 aromatic carbocycles. The molecule has 5 aromatic rings. The zero-order valence-corrected chi connectivity index (χ0v) is 22.7. The van der Waals surface area contributed by atoms with Crippen molar-refractivity contribution >= 4 is 23.2 Å². The monoisotopic (exact) mass is 568 g/mol. The average Bonchev–Trinajstić information content (AvgIpc) is 3.56. The molecule has 6 rings (SSSR count). The average molecular weight is 569 g/mol. The van der Waals surface area contributed by atoms with Crippen molar-refractivity contribution in [1.82, 2.24) is 34.3 Å². The first kappa shape index (κ1) is 27.0. The highest BCUT2D eigenvalue weighted by molar-refractivity contribution is 6.03. The molecule has 1 N–H and O–H groups in total. The summed E-state index contributed by atoms with van der Waals surface area (Å²) in [5.74, 6) is -0.488. The summed E-state index contributed by atoms with van der Waals surface area (Å²) in [5.41, 5.74) is 3.42. The van der Waals surface area contributed by atoms with Crippen LogP contribution in [-0.2, 0) is 7.05 Å². The second-order valence-electron chi connectivity index (χ2n) is 9.86. The van der Waals surface area contributed by atoms with Gasteiger partial charge in [0.25, 0.3) is 5.91 Å². The Morgan fingerprint density at radius 2 is 1.83 bits per heavy atom. The minimum absolute atomic E-state index is 0.117. The maximum Gasteiger partial charge on any atom is 0.257 e. The normalized spacial score (nSPS) is 13.8. The van der Waals surface area contributed by atoms with Gasteiger partial charge in [0, 0.05) is 56.6 Å². The molecule has 1 fully saturated rings. The minimum atomic E-state index is -0.752. The van der Waals surface area contributed by atoms with E-state index in [0.717, 1.165) is 55.7 Å². The summed E-state index contributed by atoms with van der Waals surface area (Å²) in [4.78, 5) is 28.5. The number of amides is 1. The Hall–Kier alpha value is -5.22. The van der Waals surface area contributed by atoms with Gasteiger partial charge in [0.1, 0.15) is 17.3 Å². The maximum absolute atomic E-state index is 13.8. The molecule has 5 heterocycles. The Labute approximate surface area is 239 Å². The molecule has 0 spiro atoms. The van der Waals surface area contributed by atoms with Crippen molar-refractivity contribution in [3.05, 3.63) is 89.7 Å². The fourth-order valence-electron chi connectivity index (χ4n) is 5.11. The predicted molar refractivity (Wildman–Crippen MR) is 153 cm³/mol. The molecule has 0 bridgehead atoms. The van der Waals surface area contributed by atoms with Gasteiger partial charge < -0.3 is 15.1 Å². The SMILES string of the molecule is [C-]#[N+]CCN1CCN(c2c(-c3ccc4nc(NC(=O)c5ccnc(F)c5)cn4n3)c(-c3ccc(F)cc3)nn2C)CC1. The molecule has 11 nitrogen and oxygen atoms in total. The largest absolute Gasteiger partial charge is 0.354 e. The number of hydrogen-bond acceptors (Lipinski definition) is 7. The van der Waals surface area contributed by atoms with Crippen LogP contribution in [0, 0.1) is 18.3 Å². The number of halogens is 2. The molecule has 1 amide bonds. The minimum Gasteiger partial charge on any atom is -0.354 e. The highest BCUT2D eigenvalue weighted by Crippen LogP contribution is 2.39. The van der Waals surface area contributed by atoms with Crippen molar-refractivity contribution in [3.63, 3.8) is 0 Å². The van der Waals surface area contributed by atoms with Gasteiger partial charge in [-0.2, -0.15) is 14.6 Å². The molecule has 1 saturated heterocycles. The van der Waals surface area contributed by atoms with E-state index in [1.54, 1.807) is 28.9 Å². The maximum atomic E-state index is 13.8. The van der Waals surface area contributed by atoms with E-state index in [2.05, 4.69) is 29.9 Å². The summed E-state index contributed by atoms with van der Waals surface area (Å²) in [7, 11) is 1.88. The number of anilines is 2. The number of hydrogen-bond donors (Lipinski definition) is 1. The van der Waals surface area contributed by atoms with Crippen LogP contribution in [-0.4, -0.2) is 79.4 Å². The Bertz CT molecular complexity index is 1800. The third-order valence-corrected chi connectivity index (χ3v) is 7.14. The van der Waals surface area contributed by atoms with Gasteiger partial charge in [-0.3, -0.25) is 14.4 Å². The summed E-state index contributed by atoms with van der Waals surface area (Å²) in [6, 6.07) is 12.3. The zero-order valence-electron chi connectivity index (χ0n) is 22.7. The number of nitrogens with one attached hydrogen (secondary N) is 1. The summed E-state index contributed by atoms with van der Waals surface area (Å²) in [6.45, 7) is 11.4. The summed E-state index contributed by atoms with van der Waals surface area (Å²) < 4.78 is 30.7. The molecule has 4 aromatic heterocycles. The van der Waals surface area contributed by atoms with Gasteiger partial charge in [-0.1, -0.05) is 0 Å². The lowest BCUT2D eigenvalue weighted by Gasteiger charge is -2.35. The highest BCUT2D eigenvalue weighted by atomic mass is 19.1. The van der Waals surface area contributed by atoms with Crippen molar-refractivity contribution in [2.75, 3.05) is 49.5 Å². The van der Waals surface area contributed by atoms with E-state index in [-0.39, 0.29) is 17.2 Å². The quantitative estimate of drug-likeness (QED) is 0.236. The van der Waals surface area contributed by atoms with Gasteiger partial charge in [0.2, 0.25) is 12.5 Å². The smallest absolute Gasteiger partial charge is 0.257 e. The van der Waals surface area contributed by atoms with Crippen molar-refractivity contribution in [1.29, 1.82) is 0 Å². The number of aryl methyl sites for hydroxylation is 1. The van der Waals surface area contributed by atoms with Gasteiger partial charge >= 0.3 is 0 Å². The van der Waals surface area contributed by atoms with E-state index < -0.39 is 11.9 Å². The van der Waals surface area contributed by atoms with Crippen LogP contribution in [0.2, 0.25) is 0 Å². The van der Waals surface area contributed by atoms with Crippen molar-refractivity contribution in [2.45, 2.75) is 0 Å². The van der Waals surface area contributed by atoms with Crippen LogP contribution < -0.4 is 10.2 Å². The number of rotatable bonds is 7. The number of fused-ring (bicyclic) bond motifs is 1. The van der Waals surface area contributed by atoms with E-state index in [0.29, 0.717) is 23.6 Å². The van der Waals surface area contributed by atoms with Gasteiger partial charge in [-0.05, 0) is 42.5 Å². The third-order valence-electron chi connectivity index (χ3n) is 7.14. The fourth-order valence-corrected chi connectivity index (χ4v) is 5.11. The van der Waals surface area contributed by atoms with Crippen LogP contribution in [0.5, 0.6) is 0 Å². The third kappa shape index (κ3) is 5.39. The molecule has 42 heavy (non-hydrogen) atoms. The first-order chi connectivity index (χ1) is 20.4.